The van der Waals surface area contributed by atoms with Crippen LogP contribution in [0.3, 0.4) is 0 Å². The van der Waals surface area contributed by atoms with Crippen molar-refractivity contribution in [3.05, 3.63) is 35.4 Å². The van der Waals surface area contributed by atoms with Crippen LogP contribution in [0.2, 0.25) is 0 Å². The Balaban J connectivity index is 1.55. The highest BCUT2D eigenvalue weighted by Gasteiger charge is 2.21. The lowest BCUT2D eigenvalue weighted by molar-refractivity contribution is -0.128. The van der Waals surface area contributed by atoms with Gasteiger partial charge in [-0.25, -0.2) is 4.79 Å². The minimum atomic E-state index is -0.325. The molecule has 0 N–H and O–H groups in total. The SMILES string of the molecule is O=C(OCC1CCCCO1)c1cccc(CN2CCCC2=O)c1. The number of carbonyl (C=O) groups excluding carboxylic acids is 2. The van der Waals surface area contributed by atoms with E-state index in [0.29, 0.717) is 25.1 Å². The van der Waals surface area contributed by atoms with Crippen molar-refractivity contribution in [2.75, 3.05) is 19.8 Å². The van der Waals surface area contributed by atoms with E-state index < -0.39 is 0 Å². The third-order valence-corrected chi connectivity index (χ3v) is 4.38. The molecule has 5 heteroatoms. The number of hydrogen-bond donors (Lipinski definition) is 0. The number of hydrogen-bond acceptors (Lipinski definition) is 4. The quantitative estimate of drug-likeness (QED) is 0.783. The fourth-order valence-corrected chi connectivity index (χ4v) is 3.08. The largest absolute Gasteiger partial charge is 0.459 e. The minimum Gasteiger partial charge on any atom is -0.459 e. The van der Waals surface area contributed by atoms with Crippen molar-refractivity contribution < 1.29 is 19.1 Å². The summed E-state index contributed by atoms with van der Waals surface area (Å²) in [5.74, 6) is -0.138. The summed E-state index contributed by atoms with van der Waals surface area (Å²) in [5, 5.41) is 0. The molecule has 124 valence electrons. The Morgan fingerprint density at radius 2 is 2.22 bits per heavy atom. The molecule has 1 unspecified atom stereocenters. The molecule has 23 heavy (non-hydrogen) atoms. The molecule has 2 aliphatic heterocycles. The number of ether oxygens (including phenoxy) is 2. The van der Waals surface area contributed by atoms with Gasteiger partial charge < -0.3 is 14.4 Å². The van der Waals surface area contributed by atoms with E-state index in [1.807, 2.05) is 23.1 Å². The van der Waals surface area contributed by atoms with Gasteiger partial charge in [-0.05, 0) is 43.4 Å². The molecule has 3 rings (SSSR count). The van der Waals surface area contributed by atoms with Crippen LogP contribution in [0.4, 0.5) is 0 Å². The average molecular weight is 317 g/mol. The zero-order chi connectivity index (χ0) is 16.1. The summed E-state index contributed by atoms with van der Waals surface area (Å²) in [4.78, 5) is 25.7. The van der Waals surface area contributed by atoms with E-state index in [9.17, 15) is 9.59 Å². The Hall–Kier alpha value is -1.88. The summed E-state index contributed by atoms with van der Waals surface area (Å²) in [6, 6.07) is 7.34. The Morgan fingerprint density at radius 3 is 2.96 bits per heavy atom. The summed E-state index contributed by atoms with van der Waals surface area (Å²) in [6.45, 7) is 2.42. The van der Waals surface area contributed by atoms with Crippen LogP contribution in [0.25, 0.3) is 0 Å². The number of rotatable bonds is 5. The fourth-order valence-electron chi connectivity index (χ4n) is 3.08. The first kappa shape index (κ1) is 16.0. The van der Waals surface area contributed by atoms with E-state index in [1.165, 1.54) is 0 Å². The van der Waals surface area contributed by atoms with Crippen LogP contribution in [-0.2, 0) is 20.8 Å². The number of esters is 1. The van der Waals surface area contributed by atoms with Crippen molar-refractivity contribution in [2.24, 2.45) is 0 Å². The van der Waals surface area contributed by atoms with Gasteiger partial charge in [0.15, 0.2) is 0 Å². The van der Waals surface area contributed by atoms with Crippen LogP contribution < -0.4 is 0 Å². The Labute approximate surface area is 136 Å². The second-order valence-corrected chi connectivity index (χ2v) is 6.21. The molecule has 0 saturated carbocycles. The van der Waals surface area contributed by atoms with E-state index in [0.717, 1.165) is 44.4 Å². The predicted octanol–water partition coefficient (Wildman–Crippen LogP) is 2.53. The number of carbonyl (C=O) groups is 2. The van der Waals surface area contributed by atoms with E-state index in [2.05, 4.69) is 0 Å². The Bertz CT molecular complexity index is 566. The first-order chi connectivity index (χ1) is 11.2. The van der Waals surface area contributed by atoms with Gasteiger partial charge in [0.05, 0.1) is 11.7 Å². The summed E-state index contributed by atoms with van der Waals surface area (Å²) in [5.41, 5.74) is 1.49. The van der Waals surface area contributed by atoms with Crippen molar-refractivity contribution in [3.63, 3.8) is 0 Å². The lowest BCUT2D eigenvalue weighted by Crippen LogP contribution is -2.26. The lowest BCUT2D eigenvalue weighted by Gasteiger charge is -2.22. The molecule has 2 fully saturated rings. The summed E-state index contributed by atoms with van der Waals surface area (Å²) < 4.78 is 10.9. The van der Waals surface area contributed by atoms with E-state index in [-0.39, 0.29) is 18.0 Å². The molecule has 0 aliphatic carbocycles. The van der Waals surface area contributed by atoms with Gasteiger partial charge in [-0.3, -0.25) is 4.79 Å². The molecule has 1 aromatic carbocycles. The number of likely N-dealkylation sites (tertiary alicyclic amines) is 1. The molecule has 0 bridgehead atoms. The van der Waals surface area contributed by atoms with E-state index in [1.54, 1.807) is 6.07 Å². The van der Waals surface area contributed by atoms with Gasteiger partial charge in [-0.2, -0.15) is 0 Å². The van der Waals surface area contributed by atoms with Crippen LogP contribution in [0, 0.1) is 0 Å². The molecule has 2 heterocycles. The summed E-state index contributed by atoms with van der Waals surface area (Å²) in [6.07, 6.45) is 4.73. The molecule has 5 nitrogen and oxygen atoms in total. The third kappa shape index (κ3) is 4.32. The number of nitrogens with zero attached hydrogens (tertiary/aromatic N) is 1. The molecule has 0 aromatic heterocycles. The first-order valence-electron chi connectivity index (χ1n) is 8.38. The van der Waals surface area contributed by atoms with Gasteiger partial charge in [0, 0.05) is 26.1 Å². The maximum Gasteiger partial charge on any atom is 0.338 e. The monoisotopic (exact) mass is 317 g/mol. The highest BCUT2D eigenvalue weighted by molar-refractivity contribution is 5.89. The normalized spacial score (nSPS) is 21.5. The maximum atomic E-state index is 12.2. The molecule has 1 amide bonds. The minimum absolute atomic E-state index is 0.0260. The van der Waals surface area contributed by atoms with Crippen LogP contribution in [0.5, 0.6) is 0 Å². The molecular formula is C18H23NO4. The summed E-state index contributed by atoms with van der Waals surface area (Å²) in [7, 11) is 0. The zero-order valence-electron chi connectivity index (χ0n) is 13.3. The molecule has 2 saturated heterocycles. The summed E-state index contributed by atoms with van der Waals surface area (Å²) >= 11 is 0. The van der Waals surface area contributed by atoms with E-state index >= 15 is 0 Å². The van der Waals surface area contributed by atoms with Crippen LogP contribution in [0.15, 0.2) is 24.3 Å². The number of amides is 1. The molecule has 2 aliphatic rings. The smallest absolute Gasteiger partial charge is 0.338 e. The Morgan fingerprint density at radius 1 is 1.30 bits per heavy atom. The maximum absolute atomic E-state index is 12.2. The topological polar surface area (TPSA) is 55.8 Å². The van der Waals surface area contributed by atoms with Crippen molar-refractivity contribution in [3.8, 4) is 0 Å². The zero-order valence-corrected chi connectivity index (χ0v) is 13.3. The van der Waals surface area contributed by atoms with Crippen LogP contribution in [0.1, 0.15) is 48.0 Å². The molecule has 0 radical (unpaired) electrons. The lowest BCUT2D eigenvalue weighted by atomic mass is 10.1. The van der Waals surface area contributed by atoms with Gasteiger partial charge >= 0.3 is 5.97 Å². The average Bonchev–Trinajstić information content (AvgIpc) is 2.99. The second-order valence-electron chi connectivity index (χ2n) is 6.21. The van der Waals surface area contributed by atoms with Crippen LogP contribution >= 0.6 is 0 Å². The molecular weight excluding hydrogens is 294 g/mol. The fraction of sp³-hybridized carbons (Fsp3) is 0.556. The van der Waals surface area contributed by atoms with Crippen LogP contribution in [-0.4, -0.2) is 42.6 Å². The second kappa shape index (κ2) is 7.59. The molecule has 0 spiro atoms. The standard InChI is InChI=1S/C18H23NO4/c20-17-8-4-9-19(17)12-14-5-3-6-15(11-14)18(21)23-13-16-7-1-2-10-22-16/h3,5-6,11,16H,1-2,4,7-10,12-13H2. The highest BCUT2D eigenvalue weighted by atomic mass is 16.6. The van der Waals surface area contributed by atoms with Gasteiger partial charge in [0.25, 0.3) is 0 Å². The van der Waals surface area contributed by atoms with Gasteiger partial charge in [0.1, 0.15) is 6.61 Å². The number of benzene rings is 1. The van der Waals surface area contributed by atoms with Gasteiger partial charge in [-0.15, -0.1) is 0 Å². The van der Waals surface area contributed by atoms with Crippen molar-refractivity contribution in [1.29, 1.82) is 0 Å². The van der Waals surface area contributed by atoms with Crippen molar-refractivity contribution >= 4 is 11.9 Å². The molecule has 1 aromatic rings. The van der Waals surface area contributed by atoms with Gasteiger partial charge in [0.2, 0.25) is 5.91 Å². The third-order valence-electron chi connectivity index (χ3n) is 4.38. The Kier molecular flexibility index (Phi) is 5.28. The predicted molar refractivity (Wildman–Crippen MR) is 85.0 cm³/mol. The van der Waals surface area contributed by atoms with Crippen molar-refractivity contribution in [1.82, 2.24) is 4.90 Å². The van der Waals surface area contributed by atoms with Gasteiger partial charge in [-0.1, -0.05) is 12.1 Å². The highest BCUT2D eigenvalue weighted by Crippen LogP contribution is 2.17. The van der Waals surface area contributed by atoms with Crippen molar-refractivity contribution in [2.45, 2.75) is 44.8 Å². The first-order valence-corrected chi connectivity index (χ1v) is 8.38. The van der Waals surface area contributed by atoms with E-state index in [4.69, 9.17) is 9.47 Å². The molecule has 1 atom stereocenters.